The molecule has 0 spiro atoms. The number of carbonyl (C=O) groups excluding carboxylic acids is 4. The van der Waals surface area contributed by atoms with Gasteiger partial charge in [-0.05, 0) is 44.0 Å². The summed E-state index contributed by atoms with van der Waals surface area (Å²) < 4.78 is 24.4. The van der Waals surface area contributed by atoms with Gasteiger partial charge in [-0.2, -0.15) is 0 Å². The van der Waals surface area contributed by atoms with Crippen molar-refractivity contribution in [3.05, 3.63) is 77.9 Å². The zero-order valence-electron chi connectivity index (χ0n) is 18.8. The van der Waals surface area contributed by atoms with Crippen molar-refractivity contribution in [3.8, 4) is 5.75 Å². The lowest BCUT2D eigenvalue weighted by molar-refractivity contribution is -0.140. The molecule has 9 heteroatoms. The fourth-order valence-electron chi connectivity index (χ4n) is 2.50. The Morgan fingerprint density at radius 2 is 1.21 bits per heavy atom. The van der Waals surface area contributed by atoms with E-state index in [2.05, 4.69) is 6.58 Å². The highest BCUT2D eigenvalue weighted by atomic mass is 16.7. The second-order valence-corrected chi connectivity index (χ2v) is 6.99. The third-order valence-corrected chi connectivity index (χ3v) is 4.22. The van der Waals surface area contributed by atoms with Gasteiger partial charge in [-0.3, -0.25) is 4.79 Å². The van der Waals surface area contributed by atoms with Gasteiger partial charge in [-0.25, -0.2) is 14.4 Å². The first-order chi connectivity index (χ1) is 16.4. The number of hydrogen-bond donors (Lipinski definition) is 0. The van der Waals surface area contributed by atoms with Gasteiger partial charge < -0.3 is 23.7 Å². The molecular weight excluding hydrogens is 444 g/mol. The van der Waals surface area contributed by atoms with E-state index in [0.717, 1.165) is 0 Å². The Balaban J connectivity index is 1.55. The van der Waals surface area contributed by atoms with Crippen LogP contribution in [0.5, 0.6) is 5.75 Å². The summed E-state index contributed by atoms with van der Waals surface area (Å²) in [6.45, 7) is 4.85. The van der Waals surface area contributed by atoms with Crippen LogP contribution in [0.1, 0.15) is 35.7 Å². The van der Waals surface area contributed by atoms with Crippen molar-refractivity contribution in [3.63, 3.8) is 0 Å². The number of hydrogen-bond acceptors (Lipinski definition) is 9. The molecule has 0 aliphatic carbocycles. The number of esters is 1. The maximum absolute atomic E-state index is 12.4. The lowest BCUT2D eigenvalue weighted by Crippen LogP contribution is -2.15. The monoisotopic (exact) mass is 470 g/mol. The zero-order valence-corrected chi connectivity index (χ0v) is 18.8. The fourth-order valence-corrected chi connectivity index (χ4v) is 2.50. The average molecular weight is 470 g/mol. The van der Waals surface area contributed by atoms with E-state index in [-0.39, 0.29) is 43.5 Å². The second-order valence-electron chi connectivity index (χ2n) is 6.99. The van der Waals surface area contributed by atoms with E-state index >= 15 is 0 Å². The largest absolute Gasteiger partial charge is 0.513 e. The molecule has 180 valence electrons. The summed E-state index contributed by atoms with van der Waals surface area (Å²) in [5.41, 5.74) is 1.29. The summed E-state index contributed by atoms with van der Waals surface area (Å²) in [6.07, 6.45) is -0.903. The van der Waals surface area contributed by atoms with E-state index in [1.807, 2.05) is 6.07 Å². The molecule has 0 aliphatic rings. The molecule has 0 heterocycles. The fraction of sp³-hybridized carbons (Fsp3) is 0.280. The van der Waals surface area contributed by atoms with Gasteiger partial charge in [-0.1, -0.05) is 36.9 Å². The molecule has 2 aromatic rings. The van der Waals surface area contributed by atoms with Crippen LogP contribution in [-0.2, 0) is 23.7 Å². The molecule has 0 saturated heterocycles. The molecule has 0 N–H and O–H groups in total. The smallest absolute Gasteiger partial charge is 0.459 e. The highest BCUT2D eigenvalue weighted by Gasteiger charge is 2.11. The van der Waals surface area contributed by atoms with E-state index in [1.54, 1.807) is 36.4 Å². The van der Waals surface area contributed by atoms with Gasteiger partial charge in [0, 0.05) is 16.7 Å². The van der Waals surface area contributed by atoms with E-state index in [0.29, 0.717) is 24.0 Å². The third-order valence-electron chi connectivity index (χ3n) is 4.22. The van der Waals surface area contributed by atoms with Gasteiger partial charge in [0.25, 0.3) is 0 Å². The van der Waals surface area contributed by atoms with Crippen molar-refractivity contribution >= 4 is 24.1 Å². The van der Waals surface area contributed by atoms with Crippen LogP contribution in [0, 0.1) is 0 Å². The molecule has 0 radical (unpaired) electrons. The lowest BCUT2D eigenvalue weighted by atomic mass is 10.0. The zero-order chi connectivity index (χ0) is 24.8. The summed E-state index contributed by atoms with van der Waals surface area (Å²) >= 11 is 0. The average Bonchev–Trinajstić information content (AvgIpc) is 2.84. The molecule has 0 saturated carbocycles. The first-order valence-electron chi connectivity index (χ1n) is 10.5. The quantitative estimate of drug-likeness (QED) is 0.111. The highest BCUT2D eigenvalue weighted by Crippen LogP contribution is 2.16. The normalized spacial score (nSPS) is 10.0. The van der Waals surface area contributed by atoms with Crippen molar-refractivity contribution in [2.24, 2.45) is 0 Å². The second kappa shape index (κ2) is 14.1. The minimum atomic E-state index is -0.888. The topological polar surface area (TPSA) is 114 Å². The lowest BCUT2D eigenvalue weighted by Gasteiger charge is -2.08. The summed E-state index contributed by atoms with van der Waals surface area (Å²) in [6, 6.07) is 15.0. The van der Waals surface area contributed by atoms with E-state index in [9.17, 15) is 19.2 Å². The van der Waals surface area contributed by atoms with E-state index < -0.39 is 18.3 Å². The number of rotatable bonds is 12. The SMILES string of the molecule is C=C(C)C(=O)OCCOC(=O)OCCCCOC(=O)Oc1ccc(C(=O)c2ccccc2)cc1. The van der Waals surface area contributed by atoms with Crippen molar-refractivity contribution in [1.82, 2.24) is 0 Å². The first kappa shape index (κ1) is 26.1. The molecule has 2 rings (SSSR count). The van der Waals surface area contributed by atoms with Crippen molar-refractivity contribution < 1.29 is 42.9 Å². The van der Waals surface area contributed by atoms with Gasteiger partial charge in [0.05, 0.1) is 13.2 Å². The molecule has 0 fully saturated rings. The Morgan fingerprint density at radius 3 is 1.82 bits per heavy atom. The van der Waals surface area contributed by atoms with Gasteiger partial charge in [-0.15, -0.1) is 0 Å². The maximum Gasteiger partial charge on any atom is 0.513 e. The third kappa shape index (κ3) is 9.56. The molecule has 2 aromatic carbocycles. The van der Waals surface area contributed by atoms with Crippen LogP contribution in [0.3, 0.4) is 0 Å². The molecular formula is C25H26O9. The van der Waals surface area contributed by atoms with E-state index in [4.69, 9.17) is 23.7 Å². The molecule has 0 aliphatic heterocycles. The minimum absolute atomic E-state index is 0.0681. The van der Waals surface area contributed by atoms with Gasteiger partial charge in [0.2, 0.25) is 0 Å². The minimum Gasteiger partial charge on any atom is -0.459 e. The number of ether oxygens (including phenoxy) is 5. The summed E-state index contributed by atoms with van der Waals surface area (Å²) in [4.78, 5) is 46.7. The molecule has 0 amide bonds. The number of unbranched alkanes of at least 4 members (excludes halogenated alkanes) is 1. The van der Waals surface area contributed by atoms with Crippen molar-refractivity contribution in [1.29, 1.82) is 0 Å². The number of carbonyl (C=O) groups is 4. The predicted molar refractivity (Wildman–Crippen MR) is 121 cm³/mol. The van der Waals surface area contributed by atoms with Crippen LogP contribution in [-0.4, -0.2) is 50.5 Å². The van der Waals surface area contributed by atoms with Crippen LogP contribution in [0.2, 0.25) is 0 Å². The summed E-state index contributed by atoms with van der Waals surface area (Å²) in [5, 5.41) is 0. The number of ketones is 1. The Hall–Kier alpha value is -4.14. The standard InChI is InChI=1S/C25H26O9/c1-18(2)23(27)30-16-17-33-24(28)31-14-6-7-15-32-25(29)34-21-12-10-20(11-13-21)22(26)19-8-4-3-5-9-19/h3-5,8-13H,1,6-7,14-17H2,2H3. The molecule has 0 atom stereocenters. The highest BCUT2D eigenvalue weighted by molar-refractivity contribution is 6.09. The van der Waals surface area contributed by atoms with Crippen LogP contribution >= 0.6 is 0 Å². The maximum atomic E-state index is 12.4. The Morgan fingerprint density at radius 1 is 0.676 bits per heavy atom. The molecule has 9 nitrogen and oxygen atoms in total. The van der Waals surface area contributed by atoms with Gasteiger partial charge in [0.15, 0.2) is 5.78 Å². The van der Waals surface area contributed by atoms with Gasteiger partial charge in [0.1, 0.15) is 19.0 Å². The van der Waals surface area contributed by atoms with Crippen molar-refractivity contribution in [2.75, 3.05) is 26.4 Å². The molecule has 34 heavy (non-hydrogen) atoms. The first-order valence-corrected chi connectivity index (χ1v) is 10.5. The molecule has 0 bridgehead atoms. The van der Waals surface area contributed by atoms with Crippen molar-refractivity contribution in [2.45, 2.75) is 19.8 Å². The number of benzene rings is 2. The van der Waals surface area contributed by atoms with E-state index in [1.165, 1.54) is 19.1 Å². The van der Waals surface area contributed by atoms with Gasteiger partial charge >= 0.3 is 18.3 Å². The van der Waals surface area contributed by atoms with Crippen LogP contribution < -0.4 is 4.74 Å². The van der Waals surface area contributed by atoms with Crippen LogP contribution in [0.15, 0.2) is 66.7 Å². The Kier molecular flexibility index (Phi) is 10.8. The molecule has 0 unspecified atom stereocenters. The van der Waals surface area contributed by atoms with Crippen LogP contribution in [0.25, 0.3) is 0 Å². The Bertz CT molecular complexity index is 981. The van der Waals surface area contributed by atoms with Crippen LogP contribution in [0.4, 0.5) is 9.59 Å². The summed E-state index contributed by atoms with van der Waals surface area (Å²) in [5.74, 6) is -0.452. The Labute approximate surface area is 197 Å². The summed E-state index contributed by atoms with van der Waals surface area (Å²) in [7, 11) is 0. The predicted octanol–water partition coefficient (Wildman–Crippen LogP) is 4.49. The molecule has 0 aromatic heterocycles.